The van der Waals surface area contributed by atoms with E-state index in [-0.39, 0.29) is 12.4 Å². The van der Waals surface area contributed by atoms with E-state index >= 15 is 0 Å². The van der Waals surface area contributed by atoms with Crippen LogP contribution in [-0.4, -0.2) is 5.11 Å². The second kappa shape index (κ2) is 3.49. The van der Waals surface area contributed by atoms with E-state index in [4.69, 9.17) is 10.8 Å². The van der Waals surface area contributed by atoms with Crippen LogP contribution in [0.5, 0.6) is 5.75 Å². The van der Waals surface area contributed by atoms with E-state index in [9.17, 15) is 0 Å². The third-order valence-electron chi connectivity index (χ3n) is 1.80. The second-order valence-electron chi connectivity index (χ2n) is 2.42. The molecule has 0 aliphatic rings. The van der Waals surface area contributed by atoms with Crippen molar-refractivity contribution >= 4 is 18.1 Å². The number of halogens is 1. The fraction of sp³-hybridized carbons (Fsp3) is 0.250. The summed E-state index contributed by atoms with van der Waals surface area (Å²) in [6.45, 7) is 3.74. The predicted molar refractivity (Wildman–Crippen MR) is 49.2 cm³/mol. The summed E-state index contributed by atoms with van der Waals surface area (Å²) in [5, 5.41) is 9.17. The molecule has 0 amide bonds. The molecule has 0 unspecified atom stereocenters. The maximum Gasteiger partial charge on any atom is 0.118 e. The minimum atomic E-state index is 0. The van der Waals surface area contributed by atoms with Crippen molar-refractivity contribution in [2.75, 3.05) is 5.73 Å². The molecule has 1 rings (SSSR count). The minimum Gasteiger partial charge on any atom is -0.508 e. The summed E-state index contributed by atoms with van der Waals surface area (Å²) < 4.78 is 0. The Morgan fingerprint density at radius 2 is 1.73 bits per heavy atom. The molecule has 0 aliphatic heterocycles. The number of nitrogen functional groups attached to an aromatic ring is 1. The van der Waals surface area contributed by atoms with Gasteiger partial charge in [-0.3, -0.25) is 0 Å². The first kappa shape index (κ1) is 10.1. The van der Waals surface area contributed by atoms with E-state index in [0.717, 1.165) is 16.8 Å². The Morgan fingerprint density at radius 3 is 2.18 bits per heavy atom. The fourth-order valence-corrected chi connectivity index (χ4v) is 0.827. The summed E-state index contributed by atoms with van der Waals surface area (Å²) in [6.07, 6.45) is 0. The van der Waals surface area contributed by atoms with Crippen molar-refractivity contribution in [1.82, 2.24) is 0 Å². The zero-order valence-corrected chi connectivity index (χ0v) is 7.40. The first-order chi connectivity index (χ1) is 4.63. The Bertz CT molecular complexity index is 234. The molecule has 0 saturated carbocycles. The number of rotatable bonds is 0. The number of hydrogen-bond donors (Lipinski definition) is 2. The van der Waals surface area contributed by atoms with Crippen LogP contribution in [0.1, 0.15) is 11.1 Å². The van der Waals surface area contributed by atoms with E-state index in [1.807, 2.05) is 13.8 Å². The van der Waals surface area contributed by atoms with Crippen LogP contribution in [0, 0.1) is 13.8 Å². The summed E-state index contributed by atoms with van der Waals surface area (Å²) in [7, 11) is 0. The SMILES string of the molecule is Cc1c(N)ccc(O)c1C.Cl. The highest BCUT2D eigenvalue weighted by molar-refractivity contribution is 5.85. The highest BCUT2D eigenvalue weighted by atomic mass is 35.5. The Labute approximate surface area is 72.4 Å². The Morgan fingerprint density at radius 1 is 1.18 bits per heavy atom. The molecule has 1 aromatic carbocycles. The largest absolute Gasteiger partial charge is 0.508 e. The standard InChI is InChI=1S/C8H11NO.ClH/c1-5-6(2)8(10)4-3-7(5)9;/h3-4,10H,9H2,1-2H3;1H. The lowest BCUT2D eigenvalue weighted by molar-refractivity contribution is 0.470. The molecule has 0 fully saturated rings. The van der Waals surface area contributed by atoms with Gasteiger partial charge in [-0.1, -0.05) is 0 Å². The van der Waals surface area contributed by atoms with Gasteiger partial charge in [0.2, 0.25) is 0 Å². The molecule has 0 bridgehead atoms. The van der Waals surface area contributed by atoms with E-state index in [1.54, 1.807) is 12.1 Å². The monoisotopic (exact) mass is 173 g/mol. The van der Waals surface area contributed by atoms with Gasteiger partial charge in [-0.25, -0.2) is 0 Å². The van der Waals surface area contributed by atoms with Crippen LogP contribution < -0.4 is 5.73 Å². The molecule has 0 aliphatic carbocycles. The fourth-order valence-electron chi connectivity index (χ4n) is 0.827. The lowest BCUT2D eigenvalue weighted by Crippen LogP contribution is -1.91. The summed E-state index contributed by atoms with van der Waals surface area (Å²) in [6, 6.07) is 3.31. The van der Waals surface area contributed by atoms with Gasteiger partial charge in [0, 0.05) is 5.69 Å². The summed E-state index contributed by atoms with van der Waals surface area (Å²) in [5.41, 5.74) is 8.13. The van der Waals surface area contributed by atoms with Crippen LogP contribution in [0.15, 0.2) is 12.1 Å². The molecule has 2 nitrogen and oxygen atoms in total. The molecule has 0 aromatic heterocycles. The molecule has 0 radical (unpaired) electrons. The highest BCUT2D eigenvalue weighted by Crippen LogP contribution is 2.23. The molecule has 11 heavy (non-hydrogen) atoms. The molecule has 0 heterocycles. The topological polar surface area (TPSA) is 46.2 Å². The van der Waals surface area contributed by atoms with Crippen molar-refractivity contribution in [3.63, 3.8) is 0 Å². The first-order valence-corrected chi connectivity index (χ1v) is 3.17. The molecular formula is C8H12ClNO. The Hall–Kier alpha value is -0.890. The van der Waals surface area contributed by atoms with Gasteiger partial charge in [0.05, 0.1) is 0 Å². The van der Waals surface area contributed by atoms with Gasteiger partial charge in [0.25, 0.3) is 0 Å². The average molecular weight is 174 g/mol. The molecular weight excluding hydrogens is 162 g/mol. The van der Waals surface area contributed by atoms with Gasteiger partial charge in [-0.15, -0.1) is 12.4 Å². The molecule has 0 atom stereocenters. The summed E-state index contributed by atoms with van der Waals surface area (Å²) in [5.74, 6) is 0.312. The second-order valence-corrected chi connectivity index (χ2v) is 2.42. The number of nitrogens with two attached hydrogens (primary N) is 1. The molecule has 0 spiro atoms. The van der Waals surface area contributed by atoms with Crippen LogP contribution in [0.3, 0.4) is 0 Å². The van der Waals surface area contributed by atoms with Crippen molar-refractivity contribution in [3.8, 4) is 5.75 Å². The average Bonchev–Trinajstić information content (AvgIpc) is 1.93. The van der Waals surface area contributed by atoms with Gasteiger partial charge in [0.15, 0.2) is 0 Å². The maximum absolute atomic E-state index is 9.17. The Kier molecular flexibility index (Phi) is 3.20. The zero-order valence-electron chi connectivity index (χ0n) is 6.59. The minimum absolute atomic E-state index is 0. The lowest BCUT2D eigenvalue weighted by atomic mass is 10.1. The number of benzene rings is 1. The molecule has 3 N–H and O–H groups in total. The van der Waals surface area contributed by atoms with E-state index in [2.05, 4.69) is 0 Å². The first-order valence-electron chi connectivity index (χ1n) is 3.17. The number of hydrogen-bond acceptors (Lipinski definition) is 2. The Balaban J connectivity index is 0.000001000. The van der Waals surface area contributed by atoms with Crippen molar-refractivity contribution in [2.45, 2.75) is 13.8 Å². The van der Waals surface area contributed by atoms with Crippen LogP contribution in [0.25, 0.3) is 0 Å². The quantitative estimate of drug-likeness (QED) is 0.466. The molecule has 1 aromatic rings. The zero-order chi connectivity index (χ0) is 7.72. The predicted octanol–water partition coefficient (Wildman–Crippen LogP) is 2.01. The van der Waals surface area contributed by atoms with E-state index in [0.29, 0.717) is 5.75 Å². The number of aromatic hydroxyl groups is 1. The van der Waals surface area contributed by atoms with Crippen molar-refractivity contribution in [3.05, 3.63) is 23.3 Å². The molecule has 62 valence electrons. The smallest absolute Gasteiger partial charge is 0.118 e. The van der Waals surface area contributed by atoms with Gasteiger partial charge < -0.3 is 10.8 Å². The summed E-state index contributed by atoms with van der Waals surface area (Å²) in [4.78, 5) is 0. The number of phenolic OH excluding ortho intramolecular Hbond substituents is 1. The van der Waals surface area contributed by atoms with Crippen molar-refractivity contribution < 1.29 is 5.11 Å². The van der Waals surface area contributed by atoms with E-state index in [1.165, 1.54) is 0 Å². The normalized spacial score (nSPS) is 8.91. The van der Waals surface area contributed by atoms with Gasteiger partial charge in [-0.05, 0) is 37.1 Å². The summed E-state index contributed by atoms with van der Waals surface area (Å²) >= 11 is 0. The van der Waals surface area contributed by atoms with Crippen LogP contribution in [-0.2, 0) is 0 Å². The molecule has 0 saturated heterocycles. The van der Waals surface area contributed by atoms with Crippen molar-refractivity contribution in [1.29, 1.82) is 0 Å². The van der Waals surface area contributed by atoms with Crippen LogP contribution in [0.4, 0.5) is 5.69 Å². The van der Waals surface area contributed by atoms with E-state index < -0.39 is 0 Å². The number of anilines is 1. The highest BCUT2D eigenvalue weighted by Gasteiger charge is 2.00. The van der Waals surface area contributed by atoms with Gasteiger partial charge >= 0.3 is 0 Å². The van der Waals surface area contributed by atoms with Gasteiger partial charge in [0.1, 0.15) is 5.75 Å². The third kappa shape index (κ3) is 1.77. The van der Waals surface area contributed by atoms with Gasteiger partial charge in [-0.2, -0.15) is 0 Å². The lowest BCUT2D eigenvalue weighted by Gasteiger charge is -2.04. The molecule has 3 heteroatoms. The van der Waals surface area contributed by atoms with Crippen LogP contribution >= 0.6 is 12.4 Å². The number of phenols is 1. The van der Waals surface area contributed by atoms with Crippen LogP contribution in [0.2, 0.25) is 0 Å². The van der Waals surface area contributed by atoms with Crippen molar-refractivity contribution in [2.24, 2.45) is 0 Å². The maximum atomic E-state index is 9.17. The third-order valence-corrected chi connectivity index (χ3v) is 1.80.